The van der Waals surface area contributed by atoms with Crippen molar-refractivity contribution in [2.75, 3.05) is 0 Å². The van der Waals surface area contributed by atoms with E-state index >= 15 is 0 Å². The summed E-state index contributed by atoms with van der Waals surface area (Å²) in [5, 5.41) is 27.2. The highest BCUT2D eigenvalue weighted by molar-refractivity contribution is 7.17. The normalized spacial score (nSPS) is 10.0. The van der Waals surface area contributed by atoms with Crippen molar-refractivity contribution in [3.8, 4) is 33.8 Å². The summed E-state index contributed by atoms with van der Waals surface area (Å²) in [5.41, 5.74) is 1.65. The number of aromatic nitrogens is 1. The van der Waals surface area contributed by atoms with Crippen molar-refractivity contribution >= 4 is 17.3 Å². The SMILES string of the molecule is N#Cc1cccc(-c2sc(C(=O)O)nc2-c2ccc(F)c(C#N)c2)c1. The van der Waals surface area contributed by atoms with Crippen molar-refractivity contribution in [3.63, 3.8) is 0 Å². The van der Waals surface area contributed by atoms with Gasteiger partial charge in [0, 0.05) is 5.56 Å². The Bertz CT molecular complexity index is 1080. The van der Waals surface area contributed by atoms with Crippen LogP contribution in [0.5, 0.6) is 0 Å². The third-order valence-corrected chi connectivity index (χ3v) is 4.52. The molecule has 0 bridgehead atoms. The van der Waals surface area contributed by atoms with Crippen molar-refractivity contribution in [1.82, 2.24) is 4.98 Å². The summed E-state index contributed by atoms with van der Waals surface area (Å²) in [5.74, 6) is -1.84. The fourth-order valence-corrected chi connectivity index (χ4v) is 3.21. The molecule has 0 aliphatic carbocycles. The Balaban J connectivity index is 2.24. The monoisotopic (exact) mass is 349 g/mol. The Hall–Kier alpha value is -3.55. The minimum Gasteiger partial charge on any atom is -0.476 e. The summed E-state index contributed by atoms with van der Waals surface area (Å²) < 4.78 is 13.6. The van der Waals surface area contributed by atoms with Crippen molar-refractivity contribution in [2.24, 2.45) is 0 Å². The minimum absolute atomic E-state index is 0.129. The van der Waals surface area contributed by atoms with Crippen molar-refractivity contribution in [1.29, 1.82) is 10.5 Å². The lowest BCUT2D eigenvalue weighted by Gasteiger charge is -2.04. The molecule has 1 aromatic heterocycles. The van der Waals surface area contributed by atoms with E-state index < -0.39 is 11.8 Å². The van der Waals surface area contributed by atoms with Gasteiger partial charge in [-0.3, -0.25) is 0 Å². The minimum atomic E-state index is -1.18. The number of halogens is 1. The van der Waals surface area contributed by atoms with E-state index in [1.807, 2.05) is 6.07 Å². The van der Waals surface area contributed by atoms with E-state index in [2.05, 4.69) is 4.98 Å². The maximum atomic E-state index is 13.6. The van der Waals surface area contributed by atoms with Gasteiger partial charge in [-0.25, -0.2) is 14.2 Å². The maximum absolute atomic E-state index is 13.6. The smallest absolute Gasteiger partial charge is 0.365 e. The largest absolute Gasteiger partial charge is 0.476 e. The summed E-state index contributed by atoms with van der Waals surface area (Å²) in [4.78, 5) is 16.0. The van der Waals surface area contributed by atoms with Crippen LogP contribution in [0.4, 0.5) is 4.39 Å². The third kappa shape index (κ3) is 3.09. The molecule has 0 radical (unpaired) electrons. The van der Waals surface area contributed by atoms with Crippen LogP contribution in [0.3, 0.4) is 0 Å². The van der Waals surface area contributed by atoms with Crippen LogP contribution in [0.1, 0.15) is 20.9 Å². The van der Waals surface area contributed by atoms with Gasteiger partial charge in [-0.15, -0.1) is 11.3 Å². The second kappa shape index (κ2) is 6.52. The molecule has 3 aromatic rings. The molecule has 5 nitrogen and oxygen atoms in total. The lowest BCUT2D eigenvalue weighted by Crippen LogP contribution is -1.94. The summed E-state index contributed by atoms with van der Waals surface area (Å²) in [6.45, 7) is 0. The first kappa shape index (κ1) is 16.3. The van der Waals surface area contributed by atoms with Gasteiger partial charge in [0.25, 0.3) is 0 Å². The van der Waals surface area contributed by atoms with E-state index in [1.54, 1.807) is 30.3 Å². The van der Waals surface area contributed by atoms with Gasteiger partial charge in [0.1, 0.15) is 11.9 Å². The van der Waals surface area contributed by atoms with Gasteiger partial charge in [-0.05, 0) is 35.9 Å². The molecule has 1 heterocycles. The number of nitriles is 2. The van der Waals surface area contributed by atoms with Gasteiger partial charge in [0.05, 0.1) is 27.8 Å². The number of benzene rings is 2. The average Bonchev–Trinajstić information content (AvgIpc) is 3.08. The van der Waals surface area contributed by atoms with Gasteiger partial charge in [0.15, 0.2) is 0 Å². The third-order valence-electron chi connectivity index (χ3n) is 3.42. The molecule has 7 heteroatoms. The van der Waals surface area contributed by atoms with Gasteiger partial charge in [0.2, 0.25) is 5.01 Å². The molecule has 2 aromatic carbocycles. The fourth-order valence-electron chi connectivity index (χ4n) is 2.29. The fraction of sp³-hybridized carbons (Fsp3) is 0. The molecule has 0 atom stereocenters. The van der Waals surface area contributed by atoms with E-state index in [-0.39, 0.29) is 10.6 Å². The Labute approximate surface area is 145 Å². The van der Waals surface area contributed by atoms with Crippen LogP contribution in [0, 0.1) is 28.5 Å². The summed E-state index contributed by atoms with van der Waals surface area (Å²) in [6.07, 6.45) is 0. The van der Waals surface area contributed by atoms with Crippen LogP contribution in [0.25, 0.3) is 21.7 Å². The highest BCUT2D eigenvalue weighted by Gasteiger charge is 2.19. The number of thiazole rings is 1. The van der Waals surface area contributed by atoms with Crippen LogP contribution in [-0.4, -0.2) is 16.1 Å². The van der Waals surface area contributed by atoms with E-state index in [0.717, 1.165) is 17.4 Å². The quantitative estimate of drug-likeness (QED) is 0.769. The second-order valence-corrected chi connectivity index (χ2v) is 6.00. The zero-order valence-electron chi connectivity index (χ0n) is 12.5. The van der Waals surface area contributed by atoms with Gasteiger partial charge in [-0.2, -0.15) is 10.5 Å². The lowest BCUT2D eigenvalue weighted by molar-refractivity contribution is 0.0696. The molecule has 0 saturated carbocycles. The van der Waals surface area contributed by atoms with Crippen LogP contribution in [-0.2, 0) is 0 Å². The van der Waals surface area contributed by atoms with E-state index in [0.29, 0.717) is 27.3 Å². The highest BCUT2D eigenvalue weighted by atomic mass is 32.1. The summed E-state index contributed by atoms with van der Waals surface area (Å²) in [7, 11) is 0. The predicted molar refractivity (Wildman–Crippen MR) is 89.3 cm³/mol. The Morgan fingerprint density at radius 3 is 2.60 bits per heavy atom. The Morgan fingerprint density at radius 2 is 1.92 bits per heavy atom. The molecule has 3 rings (SSSR count). The van der Waals surface area contributed by atoms with E-state index in [1.165, 1.54) is 12.1 Å². The number of nitrogens with zero attached hydrogens (tertiary/aromatic N) is 3. The average molecular weight is 349 g/mol. The van der Waals surface area contributed by atoms with Gasteiger partial charge < -0.3 is 5.11 Å². The molecule has 0 aliphatic heterocycles. The molecule has 0 spiro atoms. The maximum Gasteiger partial charge on any atom is 0.365 e. The number of carbonyl (C=O) groups is 1. The van der Waals surface area contributed by atoms with E-state index in [9.17, 15) is 14.3 Å². The molecular weight excluding hydrogens is 341 g/mol. The van der Waals surface area contributed by atoms with Crippen LogP contribution < -0.4 is 0 Å². The standard InChI is InChI=1S/C18H8FN3O2S/c19-14-5-4-11(7-13(14)9-21)15-16(25-17(22-15)18(23)24)12-3-1-2-10(6-12)8-20/h1-7H,(H,23,24). The Morgan fingerprint density at radius 1 is 1.12 bits per heavy atom. The lowest BCUT2D eigenvalue weighted by atomic mass is 10.0. The van der Waals surface area contributed by atoms with Crippen LogP contribution in [0.2, 0.25) is 0 Å². The number of hydrogen-bond acceptors (Lipinski definition) is 5. The first-order chi connectivity index (χ1) is 12.0. The molecule has 25 heavy (non-hydrogen) atoms. The van der Waals surface area contributed by atoms with E-state index in [4.69, 9.17) is 10.5 Å². The van der Waals surface area contributed by atoms with Crippen LogP contribution >= 0.6 is 11.3 Å². The zero-order valence-corrected chi connectivity index (χ0v) is 13.3. The van der Waals surface area contributed by atoms with Crippen LogP contribution in [0.15, 0.2) is 42.5 Å². The van der Waals surface area contributed by atoms with Crippen molar-refractivity contribution in [2.45, 2.75) is 0 Å². The number of aromatic carboxylic acids is 1. The predicted octanol–water partition coefficient (Wildman–Crippen LogP) is 4.06. The molecule has 0 fully saturated rings. The highest BCUT2D eigenvalue weighted by Crippen LogP contribution is 2.37. The van der Waals surface area contributed by atoms with Crippen molar-refractivity contribution < 1.29 is 14.3 Å². The summed E-state index contributed by atoms with van der Waals surface area (Å²) >= 11 is 0.956. The molecule has 0 aliphatic rings. The molecule has 0 saturated heterocycles. The second-order valence-electron chi connectivity index (χ2n) is 5.00. The first-order valence-electron chi connectivity index (χ1n) is 6.98. The van der Waals surface area contributed by atoms with Crippen molar-refractivity contribution in [3.05, 3.63) is 64.4 Å². The molecule has 1 N–H and O–H groups in total. The number of carboxylic acids is 1. The molecule has 0 amide bonds. The molecule has 120 valence electrons. The Kier molecular flexibility index (Phi) is 4.25. The summed E-state index contributed by atoms with van der Waals surface area (Å²) in [6, 6.07) is 14.4. The topological polar surface area (TPSA) is 97.8 Å². The number of rotatable bonds is 3. The molecular formula is C18H8FN3O2S. The number of hydrogen-bond donors (Lipinski definition) is 1. The van der Waals surface area contributed by atoms with Gasteiger partial charge in [-0.1, -0.05) is 12.1 Å². The first-order valence-corrected chi connectivity index (χ1v) is 7.80. The van der Waals surface area contributed by atoms with Gasteiger partial charge >= 0.3 is 5.97 Å². The number of carboxylic acid groups (broad SMARTS) is 1. The zero-order chi connectivity index (χ0) is 18.0. The molecule has 0 unspecified atom stereocenters.